The number of carbonyl (C=O) groups is 1. The first-order valence-electron chi connectivity index (χ1n) is 3.50. The normalized spacial score (nSPS) is 9.77. The number of carbonyl (C=O) groups excluding carboxylic acids is 1. The monoisotopic (exact) mass is 203 g/mol. The second-order valence-corrected chi connectivity index (χ2v) is 2.75. The zero-order valence-electron chi connectivity index (χ0n) is 6.88. The van der Waals surface area contributed by atoms with E-state index in [-0.39, 0.29) is 11.4 Å². The maximum Gasteiger partial charge on any atom is 0.311 e. The van der Waals surface area contributed by atoms with E-state index < -0.39 is 11.8 Å². The molecule has 0 aliphatic heterocycles. The average Bonchev–Trinajstić information content (AvgIpc) is 2.11. The number of rotatable bonds is 2. The van der Waals surface area contributed by atoms with E-state index in [1.165, 1.54) is 7.11 Å². The van der Waals surface area contributed by atoms with Crippen LogP contribution < -0.4 is 0 Å². The van der Waals surface area contributed by atoms with Crippen LogP contribution in [0.25, 0.3) is 0 Å². The summed E-state index contributed by atoms with van der Waals surface area (Å²) < 4.78 is 17.2. The molecule has 0 atom stereocenters. The van der Waals surface area contributed by atoms with Crippen LogP contribution >= 0.6 is 11.6 Å². The first-order chi connectivity index (χ1) is 6.13. The van der Waals surface area contributed by atoms with Gasteiger partial charge in [0, 0.05) is 6.20 Å². The Balaban J connectivity index is 2.79. The summed E-state index contributed by atoms with van der Waals surface area (Å²) in [5, 5.41) is -0.0615. The minimum Gasteiger partial charge on any atom is -0.469 e. The van der Waals surface area contributed by atoms with E-state index in [9.17, 15) is 9.18 Å². The third kappa shape index (κ3) is 2.66. The Hall–Kier alpha value is -1.16. The Labute approximate surface area is 79.5 Å². The molecule has 0 saturated heterocycles. The van der Waals surface area contributed by atoms with Gasteiger partial charge in [-0.25, -0.2) is 4.39 Å². The molecule has 0 aliphatic rings. The van der Waals surface area contributed by atoms with Gasteiger partial charge in [-0.15, -0.1) is 0 Å². The number of hydrogen-bond donors (Lipinski definition) is 0. The van der Waals surface area contributed by atoms with Crippen LogP contribution in [0.15, 0.2) is 12.3 Å². The molecule has 0 unspecified atom stereocenters. The quantitative estimate of drug-likeness (QED) is 0.686. The minimum atomic E-state index is -0.587. The first kappa shape index (κ1) is 9.92. The predicted molar refractivity (Wildman–Crippen MR) is 44.9 cm³/mol. The third-order valence-electron chi connectivity index (χ3n) is 1.42. The maximum absolute atomic E-state index is 12.8. The fraction of sp³-hybridized carbons (Fsp3) is 0.250. The number of nitrogens with zero attached hydrogens (tertiary/aromatic N) is 1. The van der Waals surface area contributed by atoms with Gasteiger partial charge < -0.3 is 4.74 Å². The second-order valence-electron chi connectivity index (χ2n) is 2.34. The SMILES string of the molecule is COC(=O)Cc1cc(F)c(Cl)cn1. The molecular weight excluding hydrogens is 197 g/mol. The number of methoxy groups -OCH3 is 1. The molecule has 1 rings (SSSR count). The van der Waals surface area contributed by atoms with Crippen molar-refractivity contribution in [3.63, 3.8) is 0 Å². The van der Waals surface area contributed by atoms with Crippen LogP contribution in [0.2, 0.25) is 5.02 Å². The largest absolute Gasteiger partial charge is 0.469 e. The van der Waals surface area contributed by atoms with Gasteiger partial charge in [0.25, 0.3) is 0 Å². The predicted octanol–water partition coefficient (Wildman–Crippen LogP) is 1.59. The molecule has 0 N–H and O–H groups in total. The highest BCUT2D eigenvalue weighted by atomic mass is 35.5. The molecular formula is C8H7ClFNO2. The van der Waals surface area contributed by atoms with Crippen molar-refractivity contribution in [2.75, 3.05) is 7.11 Å². The van der Waals surface area contributed by atoms with Crippen LogP contribution in [0.4, 0.5) is 4.39 Å². The lowest BCUT2D eigenvalue weighted by atomic mass is 10.3. The fourth-order valence-electron chi connectivity index (χ4n) is 0.770. The molecule has 0 aliphatic carbocycles. The highest BCUT2D eigenvalue weighted by Crippen LogP contribution is 2.13. The average molecular weight is 204 g/mol. The molecule has 1 aromatic heterocycles. The summed E-state index contributed by atoms with van der Waals surface area (Å²) in [6, 6.07) is 1.11. The summed E-state index contributed by atoms with van der Waals surface area (Å²) in [6.45, 7) is 0. The van der Waals surface area contributed by atoms with E-state index in [0.29, 0.717) is 5.69 Å². The lowest BCUT2D eigenvalue weighted by Crippen LogP contribution is -2.06. The Morgan fingerprint density at radius 3 is 3.00 bits per heavy atom. The molecule has 5 heteroatoms. The topological polar surface area (TPSA) is 39.2 Å². The van der Waals surface area contributed by atoms with Crippen LogP contribution in [-0.4, -0.2) is 18.1 Å². The van der Waals surface area contributed by atoms with E-state index in [0.717, 1.165) is 12.3 Å². The van der Waals surface area contributed by atoms with Gasteiger partial charge in [-0.05, 0) is 6.07 Å². The molecule has 0 saturated carbocycles. The smallest absolute Gasteiger partial charge is 0.311 e. The van der Waals surface area contributed by atoms with E-state index in [2.05, 4.69) is 9.72 Å². The highest BCUT2D eigenvalue weighted by molar-refractivity contribution is 6.30. The van der Waals surface area contributed by atoms with Gasteiger partial charge in [-0.3, -0.25) is 9.78 Å². The van der Waals surface area contributed by atoms with Gasteiger partial charge >= 0.3 is 5.97 Å². The van der Waals surface area contributed by atoms with Crippen molar-refractivity contribution in [1.82, 2.24) is 4.98 Å². The number of hydrogen-bond acceptors (Lipinski definition) is 3. The van der Waals surface area contributed by atoms with Crippen molar-refractivity contribution in [2.24, 2.45) is 0 Å². The van der Waals surface area contributed by atoms with Gasteiger partial charge in [0.2, 0.25) is 0 Å². The summed E-state index contributed by atoms with van der Waals surface area (Å²) >= 11 is 5.40. The molecule has 13 heavy (non-hydrogen) atoms. The van der Waals surface area contributed by atoms with Crippen molar-refractivity contribution in [1.29, 1.82) is 0 Å². The third-order valence-corrected chi connectivity index (χ3v) is 1.70. The van der Waals surface area contributed by atoms with Crippen LogP contribution in [-0.2, 0) is 16.0 Å². The summed E-state index contributed by atoms with van der Waals surface area (Å²) in [7, 11) is 1.26. The first-order valence-corrected chi connectivity index (χ1v) is 3.88. The number of halogens is 2. The molecule has 0 radical (unpaired) electrons. The van der Waals surface area contributed by atoms with Crippen LogP contribution in [0, 0.1) is 5.82 Å². The Morgan fingerprint density at radius 2 is 2.46 bits per heavy atom. The van der Waals surface area contributed by atoms with Gasteiger partial charge in [-0.1, -0.05) is 11.6 Å². The van der Waals surface area contributed by atoms with Crippen molar-refractivity contribution in [2.45, 2.75) is 6.42 Å². The van der Waals surface area contributed by atoms with Gasteiger partial charge in [0.05, 0.1) is 24.2 Å². The highest BCUT2D eigenvalue weighted by Gasteiger charge is 2.07. The molecule has 0 aromatic carbocycles. The van der Waals surface area contributed by atoms with Gasteiger partial charge in [-0.2, -0.15) is 0 Å². The Kier molecular flexibility index (Phi) is 3.19. The lowest BCUT2D eigenvalue weighted by molar-refractivity contribution is -0.139. The fourth-order valence-corrected chi connectivity index (χ4v) is 0.874. The van der Waals surface area contributed by atoms with E-state index in [1.807, 2.05) is 0 Å². The molecule has 1 heterocycles. The van der Waals surface area contributed by atoms with Gasteiger partial charge in [0.1, 0.15) is 5.82 Å². The molecule has 3 nitrogen and oxygen atoms in total. The zero-order valence-corrected chi connectivity index (χ0v) is 7.64. The van der Waals surface area contributed by atoms with Crippen molar-refractivity contribution < 1.29 is 13.9 Å². The van der Waals surface area contributed by atoms with E-state index in [1.54, 1.807) is 0 Å². The summed E-state index contributed by atoms with van der Waals surface area (Å²) in [5.74, 6) is -1.05. The van der Waals surface area contributed by atoms with Gasteiger partial charge in [0.15, 0.2) is 0 Å². The van der Waals surface area contributed by atoms with Crippen molar-refractivity contribution >= 4 is 17.6 Å². The summed E-state index contributed by atoms with van der Waals surface area (Å²) in [4.78, 5) is 14.5. The number of pyridine rings is 1. The molecule has 0 amide bonds. The maximum atomic E-state index is 12.8. The standard InChI is InChI=1S/C8H7ClFNO2/c1-13-8(12)3-5-2-7(10)6(9)4-11-5/h2,4H,3H2,1H3. The lowest BCUT2D eigenvalue weighted by Gasteiger charge is -1.99. The Morgan fingerprint density at radius 1 is 1.77 bits per heavy atom. The number of ether oxygens (including phenoxy) is 1. The van der Waals surface area contributed by atoms with Crippen molar-refractivity contribution in [3.8, 4) is 0 Å². The second kappa shape index (κ2) is 4.18. The molecule has 1 aromatic rings. The Bertz CT molecular complexity index is 330. The number of aromatic nitrogens is 1. The molecule has 0 spiro atoms. The molecule has 0 bridgehead atoms. The minimum absolute atomic E-state index is 0.0510. The molecule has 0 fully saturated rings. The van der Waals surface area contributed by atoms with Crippen LogP contribution in [0.1, 0.15) is 5.69 Å². The summed E-state index contributed by atoms with van der Waals surface area (Å²) in [6.07, 6.45) is 1.11. The summed E-state index contributed by atoms with van der Waals surface area (Å²) in [5.41, 5.74) is 0.300. The number of esters is 1. The van der Waals surface area contributed by atoms with Crippen LogP contribution in [0.5, 0.6) is 0 Å². The van der Waals surface area contributed by atoms with Crippen LogP contribution in [0.3, 0.4) is 0 Å². The zero-order chi connectivity index (χ0) is 9.84. The van der Waals surface area contributed by atoms with E-state index in [4.69, 9.17) is 11.6 Å². The molecule has 70 valence electrons. The van der Waals surface area contributed by atoms with E-state index >= 15 is 0 Å². The van der Waals surface area contributed by atoms with Crippen molar-refractivity contribution in [3.05, 3.63) is 28.8 Å².